The molecule has 0 fully saturated rings. The molecule has 1 aromatic heterocycles. The number of hydrogen-bond donors (Lipinski definition) is 2. The van der Waals surface area contributed by atoms with E-state index in [2.05, 4.69) is 10.5 Å². The van der Waals surface area contributed by atoms with Crippen molar-refractivity contribution in [1.82, 2.24) is 10.5 Å². The van der Waals surface area contributed by atoms with E-state index in [-0.39, 0.29) is 24.2 Å². The van der Waals surface area contributed by atoms with Gasteiger partial charge >= 0.3 is 5.97 Å². The Hall–Kier alpha value is -1.85. The molecule has 1 aromatic rings. The number of nitrogens with one attached hydrogen (secondary N) is 1. The van der Waals surface area contributed by atoms with E-state index in [9.17, 15) is 9.59 Å². The van der Waals surface area contributed by atoms with E-state index in [0.29, 0.717) is 5.76 Å². The monoisotopic (exact) mass is 282 g/mol. The second kappa shape index (κ2) is 6.54. The molecule has 6 heteroatoms. The summed E-state index contributed by atoms with van der Waals surface area (Å²) in [6, 6.07) is -0.862. The van der Waals surface area contributed by atoms with Gasteiger partial charge in [-0.3, -0.25) is 4.79 Å². The van der Waals surface area contributed by atoms with Crippen LogP contribution in [-0.2, 0) is 9.59 Å². The Bertz CT molecular complexity index is 474. The minimum Gasteiger partial charge on any atom is -0.480 e. The van der Waals surface area contributed by atoms with Gasteiger partial charge in [0.2, 0.25) is 5.91 Å². The molecule has 0 aliphatic heterocycles. The molecule has 0 aromatic carbocycles. The highest BCUT2D eigenvalue weighted by atomic mass is 16.5. The molecule has 2 atom stereocenters. The molecule has 1 rings (SSSR count). The summed E-state index contributed by atoms with van der Waals surface area (Å²) in [5.74, 6) is -0.827. The van der Waals surface area contributed by atoms with Gasteiger partial charge in [0.25, 0.3) is 0 Å². The molecular formula is C14H22N2O4. The largest absolute Gasteiger partial charge is 0.480 e. The van der Waals surface area contributed by atoms with Crippen LogP contribution in [0.4, 0.5) is 0 Å². The van der Waals surface area contributed by atoms with Crippen LogP contribution in [0.5, 0.6) is 0 Å². The lowest BCUT2D eigenvalue weighted by atomic mass is 9.95. The van der Waals surface area contributed by atoms with E-state index >= 15 is 0 Å². The highest BCUT2D eigenvalue weighted by molar-refractivity contribution is 5.84. The molecule has 0 saturated carbocycles. The fourth-order valence-electron chi connectivity index (χ4n) is 2.32. The number of carboxylic acids is 1. The summed E-state index contributed by atoms with van der Waals surface area (Å²) in [4.78, 5) is 23.0. The molecule has 6 nitrogen and oxygen atoms in total. The summed E-state index contributed by atoms with van der Waals surface area (Å²) in [6.07, 6.45) is 0.208. The number of amides is 1. The van der Waals surface area contributed by atoms with Crippen molar-refractivity contribution in [1.29, 1.82) is 0 Å². The second-order valence-electron chi connectivity index (χ2n) is 5.47. The first-order valence-corrected chi connectivity index (χ1v) is 6.69. The fraction of sp³-hybridized carbons (Fsp3) is 0.643. The zero-order valence-corrected chi connectivity index (χ0v) is 12.6. The van der Waals surface area contributed by atoms with Gasteiger partial charge in [0.15, 0.2) is 0 Å². The molecule has 0 spiro atoms. The number of carbonyl (C=O) groups excluding carboxylic acids is 1. The number of rotatable bonds is 6. The predicted molar refractivity (Wildman–Crippen MR) is 73.4 cm³/mol. The van der Waals surface area contributed by atoms with Gasteiger partial charge in [-0.1, -0.05) is 25.9 Å². The van der Waals surface area contributed by atoms with Gasteiger partial charge in [0.05, 0.1) is 5.69 Å². The van der Waals surface area contributed by atoms with E-state index < -0.39 is 12.0 Å². The maximum absolute atomic E-state index is 12.0. The lowest BCUT2D eigenvalue weighted by molar-refractivity contribution is -0.143. The van der Waals surface area contributed by atoms with Gasteiger partial charge in [-0.05, 0) is 25.7 Å². The standard InChI is InChI=1S/C14H22N2O4/c1-7(2)13(14(18)19)15-11(17)6-8(3)12-9(4)16-20-10(12)5/h7-8,13H,6H2,1-5H3,(H,15,17)(H,18,19)/t8?,13-/m1/s1. The molecule has 20 heavy (non-hydrogen) atoms. The van der Waals surface area contributed by atoms with Crippen LogP contribution in [0.2, 0.25) is 0 Å². The minimum absolute atomic E-state index is 0.0668. The summed E-state index contributed by atoms with van der Waals surface area (Å²) in [5, 5.41) is 15.5. The summed E-state index contributed by atoms with van der Waals surface area (Å²) in [6.45, 7) is 9.05. The van der Waals surface area contributed by atoms with Crippen LogP contribution < -0.4 is 5.32 Å². The molecule has 0 aliphatic rings. The van der Waals surface area contributed by atoms with Crippen molar-refractivity contribution >= 4 is 11.9 Å². The first kappa shape index (κ1) is 16.2. The topological polar surface area (TPSA) is 92.4 Å². The highest BCUT2D eigenvalue weighted by Gasteiger charge is 2.25. The minimum atomic E-state index is -1.02. The molecule has 2 N–H and O–H groups in total. The fourth-order valence-corrected chi connectivity index (χ4v) is 2.32. The average Bonchev–Trinajstić information content (AvgIpc) is 2.65. The van der Waals surface area contributed by atoms with Gasteiger partial charge in [-0.25, -0.2) is 4.79 Å². The van der Waals surface area contributed by atoms with Gasteiger partial charge in [0, 0.05) is 12.0 Å². The number of carboxylic acid groups (broad SMARTS) is 1. The normalized spacial score (nSPS) is 14.1. The van der Waals surface area contributed by atoms with Crippen LogP contribution in [0.15, 0.2) is 4.52 Å². The lowest BCUT2D eigenvalue weighted by Crippen LogP contribution is -2.44. The molecule has 0 saturated heterocycles. The van der Waals surface area contributed by atoms with Crippen molar-refractivity contribution in [2.45, 2.75) is 53.0 Å². The Morgan fingerprint density at radius 2 is 1.90 bits per heavy atom. The van der Waals surface area contributed by atoms with Crippen LogP contribution in [0.1, 0.15) is 50.1 Å². The maximum Gasteiger partial charge on any atom is 0.326 e. The van der Waals surface area contributed by atoms with Crippen LogP contribution in [-0.4, -0.2) is 28.2 Å². The molecule has 0 aliphatic carbocycles. The van der Waals surface area contributed by atoms with Gasteiger partial charge in [-0.2, -0.15) is 0 Å². The second-order valence-corrected chi connectivity index (χ2v) is 5.47. The Kier molecular flexibility index (Phi) is 5.30. The lowest BCUT2D eigenvalue weighted by Gasteiger charge is -2.19. The average molecular weight is 282 g/mol. The Balaban J connectivity index is 2.69. The third kappa shape index (κ3) is 3.82. The summed E-state index contributed by atoms with van der Waals surface area (Å²) < 4.78 is 5.08. The number of nitrogens with zero attached hydrogens (tertiary/aromatic N) is 1. The van der Waals surface area contributed by atoms with Gasteiger partial charge in [-0.15, -0.1) is 0 Å². The van der Waals surface area contributed by atoms with E-state index in [1.165, 1.54) is 0 Å². The van der Waals surface area contributed by atoms with Crippen molar-refractivity contribution in [3.63, 3.8) is 0 Å². The van der Waals surface area contributed by atoms with Crippen LogP contribution >= 0.6 is 0 Å². The Morgan fingerprint density at radius 3 is 2.30 bits per heavy atom. The molecule has 1 amide bonds. The van der Waals surface area contributed by atoms with E-state index in [1.54, 1.807) is 20.8 Å². The molecule has 1 heterocycles. The zero-order valence-electron chi connectivity index (χ0n) is 12.6. The quantitative estimate of drug-likeness (QED) is 0.832. The SMILES string of the molecule is Cc1noc(C)c1C(C)CC(=O)N[C@@H](C(=O)O)C(C)C. The number of aromatic nitrogens is 1. The van der Waals surface area contributed by atoms with Gasteiger partial charge < -0.3 is 14.9 Å². The summed E-state index contributed by atoms with van der Waals surface area (Å²) in [7, 11) is 0. The molecule has 0 radical (unpaired) electrons. The number of carbonyl (C=O) groups is 2. The van der Waals surface area contributed by atoms with Crippen molar-refractivity contribution in [3.05, 3.63) is 17.0 Å². The summed E-state index contributed by atoms with van der Waals surface area (Å²) >= 11 is 0. The summed E-state index contributed by atoms with van der Waals surface area (Å²) in [5.41, 5.74) is 1.68. The number of hydrogen-bond acceptors (Lipinski definition) is 4. The smallest absolute Gasteiger partial charge is 0.326 e. The first-order valence-electron chi connectivity index (χ1n) is 6.69. The van der Waals surface area contributed by atoms with E-state index in [1.807, 2.05) is 13.8 Å². The van der Waals surface area contributed by atoms with Crippen molar-refractivity contribution in [2.75, 3.05) is 0 Å². The van der Waals surface area contributed by atoms with Crippen molar-refractivity contribution < 1.29 is 19.2 Å². The van der Waals surface area contributed by atoms with E-state index in [0.717, 1.165) is 11.3 Å². The number of aryl methyl sites for hydroxylation is 2. The molecule has 112 valence electrons. The predicted octanol–water partition coefficient (Wildman–Crippen LogP) is 2.01. The highest BCUT2D eigenvalue weighted by Crippen LogP contribution is 2.25. The van der Waals surface area contributed by atoms with Crippen molar-refractivity contribution in [3.8, 4) is 0 Å². The molecule has 1 unspecified atom stereocenters. The molecule has 0 bridgehead atoms. The van der Waals surface area contributed by atoms with Gasteiger partial charge in [0.1, 0.15) is 11.8 Å². The first-order chi connectivity index (χ1) is 9.23. The zero-order chi connectivity index (χ0) is 15.4. The Morgan fingerprint density at radius 1 is 1.30 bits per heavy atom. The van der Waals surface area contributed by atoms with E-state index in [4.69, 9.17) is 9.63 Å². The third-order valence-corrected chi connectivity index (χ3v) is 3.32. The van der Waals surface area contributed by atoms with Crippen LogP contribution in [0.3, 0.4) is 0 Å². The number of aliphatic carboxylic acids is 1. The van der Waals surface area contributed by atoms with Crippen LogP contribution in [0.25, 0.3) is 0 Å². The maximum atomic E-state index is 12.0. The van der Waals surface area contributed by atoms with Crippen LogP contribution in [0, 0.1) is 19.8 Å². The van der Waals surface area contributed by atoms with Crippen molar-refractivity contribution in [2.24, 2.45) is 5.92 Å². The Labute approximate surface area is 118 Å². The molecular weight excluding hydrogens is 260 g/mol. The third-order valence-electron chi connectivity index (χ3n) is 3.32.